The third-order valence-corrected chi connectivity index (χ3v) is 9.47. The second-order valence-corrected chi connectivity index (χ2v) is 13.1. The molecule has 2 aromatic heterocycles. The average Bonchev–Trinajstić information content (AvgIpc) is 3.42. The van der Waals surface area contributed by atoms with Gasteiger partial charge in [-0.2, -0.15) is 4.31 Å². The van der Waals surface area contributed by atoms with Crippen LogP contribution in [-0.2, 0) is 32.0 Å². The molecule has 2 fully saturated rings. The molecule has 2 aliphatic heterocycles. The number of rotatable bonds is 10. The molecule has 21 heteroatoms. The van der Waals surface area contributed by atoms with Crippen molar-refractivity contribution in [2.45, 2.75) is 63.7 Å². The Morgan fingerprint density at radius 3 is 1.61 bits per heavy atom. The first-order valence-corrected chi connectivity index (χ1v) is 15.7. The number of halogens is 2. The maximum absolute atomic E-state index is 14.6. The van der Waals surface area contributed by atoms with Crippen molar-refractivity contribution in [2.75, 3.05) is 13.2 Å². The minimum Gasteiger partial charge on any atom is -0.349 e. The van der Waals surface area contributed by atoms with Crippen LogP contribution < -0.4 is 11.1 Å². The number of aryl methyl sites for hydroxylation is 2. The molecule has 15 nitrogen and oxygen atoms in total. The molecule has 3 unspecified atom stereocenters. The molecule has 2 saturated heterocycles. The Morgan fingerprint density at radius 1 is 0.878 bits per heavy atom. The van der Waals surface area contributed by atoms with Crippen LogP contribution in [0.15, 0.2) is 22.0 Å². The van der Waals surface area contributed by atoms with Crippen molar-refractivity contribution < 1.29 is 50.5 Å². The minimum absolute atomic E-state index is 0.0287. The number of alkyl halides is 2. The number of nitrogens with zero attached hydrogens (tertiary/aromatic N) is 2. The van der Waals surface area contributed by atoms with Crippen LogP contribution in [0.4, 0.5) is 8.78 Å². The predicted octanol–water partition coefficient (Wildman–Crippen LogP) is 2.94. The lowest BCUT2D eigenvalue weighted by molar-refractivity contribution is -0.0382. The van der Waals surface area contributed by atoms with Crippen molar-refractivity contribution in [3.05, 3.63) is 53.8 Å². The molecule has 2 aliphatic rings. The predicted molar refractivity (Wildman–Crippen MR) is 141 cm³/mol. The molecule has 4 rings (SSSR count). The van der Waals surface area contributed by atoms with Crippen molar-refractivity contribution in [3.63, 3.8) is 0 Å². The number of aromatic amines is 2. The van der Waals surface area contributed by atoms with Gasteiger partial charge in [-0.05, 0) is 38.3 Å². The van der Waals surface area contributed by atoms with E-state index in [-0.39, 0.29) is 33.5 Å². The zero-order chi connectivity index (χ0) is 30.3. The van der Waals surface area contributed by atoms with Crippen LogP contribution >= 0.6 is 40.1 Å². The highest BCUT2D eigenvalue weighted by Crippen LogP contribution is 2.60. The Balaban J connectivity index is 1.30. The summed E-state index contributed by atoms with van der Waals surface area (Å²) < 4.78 is 80.8. The summed E-state index contributed by atoms with van der Waals surface area (Å²) in [6.07, 6.45) is -5.83. The lowest BCUT2D eigenvalue weighted by Crippen LogP contribution is -2.24. The summed E-state index contributed by atoms with van der Waals surface area (Å²) in [4.78, 5) is 48.0. The molecule has 4 N–H and O–H groups in total. The number of H-pyrrole nitrogens is 2. The third kappa shape index (κ3) is 7.80. The number of ether oxygens (including phenoxy) is 2. The number of phosphoric acid groups is 2. The van der Waals surface area contributed by atoms with Crippen LogP contribution in [-0.4, -0.2) is 66.7 Å². The summed E-state index contributed by atoms with van der Waals surface area (Å²) in [7, 11) is -10.6. The van der Waals surface area contributed by atoms with Crippen LogP contribution in [0.3, 0.4) is 0 Å². The van der Waals surface area contributed by atoms with Gasteiger partial charge in [0.2, 0.25) is 0 Å². The van der Waals surface area contributed by atoms with Crippen molar-refractivity contribution >= 4 is 40.1 Å². The molecule has 2 aromatic rings. The molecule has 0 spiro atoms. The summed E-state index contributed by atoms with van der Waals surface area (Å²) in [6.45, 7) is 1.30. The minimum atomic E-state index is -5.31. The van der Waals surface area contributed by atoms with E-state index in [9.17, 15) is 37.3 Å². The highest BCUT2D eigenvalue weighted by atomic mass is 32.1. The SMILES string of the molecule is Cc1cn([C@H]2C[C@H](F)C(COP(=O)(O)OP(=O)(O)OC[C@H]3O[C@@H](n4cc(C)c(=O)[nH]c4=S)C[C@@H]3F)O2)c(=S)[nH]c1=O. The highest BCUT2D eigenvalue weighted by Gasteiger charge is 2.43. The number of hydrogen-bond donors (Lipinski definition) is 4. The maximum Gasteiger partial charge on any atom is 0.481 e. The van der Waals surface area contributed by atoms with Crippen molar-refractivity contribution in [3.8, 4) is 0 Å². The van der Waals surface area contributed by atoms with Gasteiger partial charge in [0.05, 0.1) is 13.2 Å². The first-order chi connectivity index (χ1) is 19.0. The fraction of sp³-hybridized carbons (Fsp3) is 0.600. The molecule has 0 aliphatic carbocycles. The van der Waals surface area contributed by atoms with E-state index in [0.29, 0.717) is 0 Å². The third-order valence-electron chi connectivity index (χ3n) is 6.25. The Labute approximate surface area is 240 Å². The van der Waals surface area contributed by atoms with E-state index in [1.807, 2.05) is 0 Å². The van der Waals surface area contributed by atoms with Gasteiger partial charge < -0.3 is 19.3 Å². The van der Waals surface area contributed by atoms with Gasteiger partial charge in [-0.1, -0.05) is 0 Å². The normalized spacial score (nSPS) is 29.3. The molecular formula is C20H26F2N4O11P2S2. The van der Waals surface area contributed by atoms with E-state index in [4.69, 9.17) is 33.9 Å². The van der Waals surface area contributed by atoms with Crippen molar-refractivity contribution in [1.82, 2.24) is 19.1 Å². The largest absolute Gasteiger partial charge is 0.481 e. The number of phosphoric ester groups is 2. The molecule has 0 aromatic carbocycles. The van der Waals surface area contributed by atoms with E-state index >= 15 is 0 Å². The average molecular weight is 663 g/mol. The lowest BCUT2D eigenvalue weighted by Gasteiger charge is -2.21. The standard InChI is InChI=1S/C20H26F2N4O11P2S2/c1-9-5-25(19(40)23-17(9)27)15-3-11(21)13(35-15)7-33-38(29,30)37-39(31,32)34-8-14-12(22)4-16(36-14)26-6-10(2)18(28)24-20(26)41/h5-6,11-16H,3-4,7-8H2,1-2H3,(H,29,30)(H,31,32)(H,23,27,40)(H,24,28,41)/t11-,12-,13+,14?,15+,16+/m0/s1. The second kappa shape index (κ2) is 12.5. The monoisotopic (exact) mass is 662 g/mol. The van der Waals surface area contributed by atoms with Gasteiger partial charge in [-0.25, -0.2) is 17.9 Å². The summed E-state index contributed by atoms with van der Waals surface area (Å²) in [5, 5.41) is 0. The number of nitrogens with one attached hydrogen (secondary N) is 2. The maximum atomic E-state index is 14.6. The van der Waals surface area contributed by atoms with Crippen molar-refractivity contribution in [1.29, 1.82) is 0 Å². The van der Waals surface area contributed by atoms with Gasteiger partial charge in [0.1, 0.15) is 37.0 Å². The molecule has 0 saturated carbocycles. The fourth-order valence-electron chi connectivity index (χ4n) is 4.13. The summed E-state index contributed by atoms with van der Waals surface area (Å²) >= 11 is 10.1. The molecule has 0 bridgehead atoms. The molecule has 228 valence electrons. The highest BCUT2D eigenvalue weighted by molar-refractivity contribution is 7.71. The van der Waals surface area contributed by atoms with Gasteiger partial charge in [0.15, 0.2) is 9.54 Å². The Bertz CT molecular complexity index is 1510. The van der Waals surface area contributed by atoms with Crippen LogP contribution in [0, 0.1) is 23.4 Å². The zero-order valence-corrected chi connectivity index (χ0v) is 24.8. The Kier molecular flexibility index (Phi) is 9.77. The first-order valence-electron chi connectivity index (χ1n) is 11.9. The van der Waals surface area contributed by atoms with E-state index in [1.165, 1.54) is 35.4 Å². The van der Waals surface area contributed by atoms with E-state index in [0.717, 1.165) is 0 Å². The summed E-state index contributed by atoms with van der Waals surface area (Å²) in [5.41, 5.74) is -0.274. The molecule has 41 heavy (non-hydrogen) atoms. The van der Waals surface area contributed by atoms with Crippen LogP contribution in [0.5, 0.6) is 0 Å². The topological polar surface area (TPSA) is 196 Å². The lowest BCUT2D eigenvalue weighted by atomic mass is 10.2. The van der Waals surface area contributed by atoms with Crippen LogP contribution in [0.2, 0.25) is 0 Å². The zero-order valence-electron chi connectivity index (χ0n) is 21.4. The molecular weight excluding hydrogens is 636 g/mol. The van der Waals surface area contributed by atoms with E-state index in [2.05, 4.69) is 23.3 Å². The van der Waals surface area contributed by atoms with E-state index < -0.39 is 77.0 Å². The first kappa shape index (κ1) is 32.2. The van der Waals surface area contributed by atoms with Gasteiger partial charge in [-0.15, -0.1) is 0 Å². The smallest absolute Gasteiger partial charge is 0.349 e. The summed E-state index contributed by atoms with van der Waals surface area (Å²) in [5.74, 6) is 0. The number of hydrogen-bond acceptors (Lipinski definition) is 11. The Hall–Kier alpha value is -1.76. The van der Waals surface area contributed by atoms with Gasteiger partial charge in [-0.3, -0.25) is 37.7 Å². The van der Waals surface area contributed by atoms with Crippen LogP contribution in [0.25, 0.3) is 0 Å². The number of aromatic nitrogens is 4. The van der Waals surface area contributed by atoms with Gasteiger partial charge in [0, 0.05) is 36.4 Å². The Morgan fingerprint density at radius 2 is 1.24 bits per heavy atom. The van der Waals surface area contributed by atoms with Crippen molar-refractivity contribution in [2.24, 2.45) is 0 Å². The second-order valence-electron chi connectivity index (χ2n) is 9.33. The van der Waals surface area contributed by atoms with Gasteiger partial charge in [0.25, 0.3) is 11.1 Å². The summed E-state index contributed by atoms with van der Waals surface area (Å²) in [6, 6.07) is 0. The van der Waals surface area contributed by atoms with Crippen LogP contribution in [0.1, 0.15) is 36.4 Å². The van der Waals surface area contributed by atoms with Gasteiger partial charge >= 0.3 is 15.6 Å². The fourth-order valence-corrected chi connectivity index (χ4v) is 6.75. The molecule has 0 radical (unpaired) electrons. The molecule has 4 heterocycles. The molecule has 8 atom stereocenters. The van der Waals surface area contributed by atoms with E-state index in [1.54, 1.807) is 0 Å². The molecule has 0 amide bonds. The quantitative estimate of drug-likeness (QED) is 0.214.